The van der Waals surface area contributed by atoms with Gasteiger partial charge in [0.15, 0.2) is 0 Å². The molecule has 2 fully saturated rings. The molecule has 2 aliphatic rings. The van der Waals surface area contributed by atoms with Crippen LogP contribution in [0.15, 0.2) is 0 Å². The summed E-state index contributed by atoms with van der Waals surface area (Å²) in [4.78, 5) is 13.5. The number of nitrogens with zero attached hydrogens (tertiary/aromatic N) is 1. The highest BCUT2D eigenvalue weighted by atomic mass is 16.5. The van der Waals surface area contributed by atoms with E-state index in [1.54, 1.807) is 4.90 Å². The lowest BCUT2D eigenvalue weighted by atomic mass is 10.2. The Kier molecular flexibility index (Phi) is 3.56. The predicted molar refractivity (Wildman–Crippen MR) is 54.4 cm³/mol. The number of aliphatic hydroxyl groups excluding tert-OH is 1. The van der Waals surface area contributed by atoms with Gasteiger partial charge in [-0.25, -0.2) is 0 Å². The van der Waals surface area contributed by atoms with Crippen LogP contribution >= 0.6 is 0 Å². The van der Waals surface area contributed by atoms with Crippen LogP contribution in [0.25, 0.3) is 0 Å². The van der Waals surface area contributed by atoms with Crippen LogP contribution in [0, 0.1) is 0 Å². The number of nitrogens with one attached hydrogen (secondary N) is 1. The number of carbonyl (C=O) groups is 1. The minimum Gasteiger partial charge on any atom is -0.391 e. The van der Waals surface area contributed by atoms with E-state index in [1.165, 1.54) is 0 Å². The van der Waals surface area contributed by atoms with E-state index >= 15 is 0 Å². The lowest BCUT2D eigenvalue weighted by Crippen LogP contribution is -2.44. The average Bonchev–Trinajstić information content (AvgIpc) is 2.66. The molecule has 2 N–H and O–H groups in total. The van der Waals surface area contributed by atoms with Crippen molar-refractivity contribution in [3.05, 3.63) is 0 Å². The van der Waals surface area contributed by atoms with Gasteiger partial charge < -0.3 is 20.1 Å². The molecule has 0 radical (unpaired) electrons. The Hall–Kier alpha value is -0.650. The number of carbonyl (C=O) groups excluding carboxylic acids is 1. The molecule has 0 aromatic heterocycles. The average molecular weight is 214 g/mol. The van der Waals surface area contributed by atoms with Crippen molar-refractivity contribution in [1.82, 2.24) is 10.2 Å². The molecule has 0 aliphatic carbocycles. The summed E-state index contributed by atoms with van der Waals surface area (Å²) < 4.78 is 5.28. The van der Waals surface area contributed by atoms with Crippen LogP contribution < -0.4 is 5.32 Å². The van der Waals surface area contributed by atoms with Crippen LogP contribution in [0.1, 0.15) is 12.8 Å². The maximum atomic E-state index is 11.8. The second-order valence-electron chi connectivity index (χ2n) is 4.21. The third kappa shape index (κ3) is 2.90. The maximum Gasteiger partial charge on any atom is 0.224 e. The molecule has 2 unspecified atom stereocenters. The van der Waals surface area contributed by atoms with Crippen molar-refractivity contribution in [2.75, 3.05) is 32.8 Å². The van der Waals surface area contributed by atoms with Gasteiger partial charge in [0.25, 0.3) is 0 Å². The van der Waals surface area contributed by atoms with Crippen molar-refractivity contribution in [2.45, 2.75) is 25.0 Å². The van der Waals surface area contributed by atoms with Gasteiger partial charge in [-0.15, -0.1) is 0 Å². The largest absolute Gasteiger partial charge is 0.391 e. The van der Waals surface area contributed by atoms with Crippen molar-refractivity contribution >= 4 is 5.91 Å². The van der Waals surface area contributed by atoms with Gasteiger partial charge in [0.1, 0.15) is 0 Å². The smallest absolute Gasteiger partial charge is 0.224 e. The number of rotatable bonds is 2. The molecule has 1 amide bonds. The van der Waals surface area contributed by atoms with Gasteiger partial charge in [-0.05, 0) is 6.42 Å². The fourth-order valence-corrected chi connectivity index (χ4v) is 2.06. The summed E-state index contributed by atoms with van der Waals surface area (Å²) in [5.41, 5.74) is 0. The molecule has 5 nitrogen and oxygen atoms in total. The number of β-amino-alcohol motifs (C(OH)–C–C–N with tert-alkyl or cyclic N) is 1. The van der Waals surface area contributed by atoms with E-state index in [9.17, 15) is 9.90 Å². The summed E-state index contributed by atoms with van der Waals surface area (Å²) in [5.74, 6) is 0.120. The highest BCUT2D eigenvalue weighted by Gasteiger charge is 2.26. The SMILES string of the molecule is O=C(CC1COCCN1)N1CCC(O)C1. The van der Waals surface area contributed by atoms with Crippen LogP contribution in [0.5, 0.6) is 0 Å². The summed E-state index contributed by atoms with van der Waals surface area (Å²) in [6.45, 7) is 3.34. The summed E-state index contributed by atoms with van der Waals surface area (Å²) in [6.07, 6.45) is 0.858. The number of aliphatic hydroxyl groups is 1. The molecule has 5 heteroatoms. The molecular formula is C10H18N2O3. The Labute approximate surface area is 89.4 Å². The molecule has 2 atom stereocenters. The van der Waals surface area contributed by atoms with E-state index in [2.05, 4.69) is 5.32 Å². The first kappa shape index (κ1) is 10.9. The number of likely N-dealkylation sites (tertiary alicyclic amines) is 1. The molecule has 0 spiro atoms. The lowest BCUT2D eigenvalue weighted by molar-refractivity contribution is -0.131. The van der Waals surface area contributed by atoms with E-state index in [0.717, 1.165) is 13.2 Å². The van der Waals surface area contributed by atoms with Gasteiger partial charge >= 0.3 is 0 Å². The molecule has 15 heavy (non-hydrogen) atoms. The summed E-state index contributed by atoms with van der Waals surface area (Å²) >= 11 is 0. The first-order chi connectivity index (χ1) is 7.25. The molecular weight excluding hydrogens is 196 g/mol. The van der Waals surface area contributed by atoms with E-state index in [0.29, 0.717) is 32.5 Å². The van der Waals surface area contributed by atoms with Gasteiger partial charge in [-0.2, -0.15) is 0 Å². The monoisotopic (exact) mass is 214 g/mol. The molecule has 2 heterocycles. The van der Waals surface area contributed by atoms with Gasteiger partial charge in [-0.3, -0.25) is 4.79 Å². The van der Waals surface area contributed by atoms with Crippen molar-refractivity contribution in [1.29, 1.82) is 0 Å². The summed E-state index contributed by atoms with van der Waals surface area (Å²) in [5, 5.41) is 12.6. The molecule has 0 bridgehead atoms. The molecule has 0 aromatic rings. The fraction of sp³-hybridized carbons (Fsp3) is 0.900. The zero-order valence-electron chi connectivity index (χ0n) is 8.82. The van der Waals surface area contributed by atoms with Crippen molar-refractivity contribution in [2.24, 2.45) is 0 Å². The third-order valence-electron chi connectivity index (χ3n) is 2.94. The zero-order chi connectivity index (χ0) is 10.7. The Bertz CT molecular complexity index is 229. The van der Waals surface area contributed by atoms with Gasteiger partial charge in [0.2, 0.25) is 5.91 Å². The second-order valence-corrected chi connectivity index (χ2v) is 4.21. The summed E-state index contributed by atoms with van der Waals surface area (Å²) in [7, 11) is 0. The zero-order valence-corrected chi connectivity index (χ0v) is 8.82. The van der Waals surface area contributed by atoms with Gasteiger partial charge in [0.05, 0.1) is 19.3 Å². The first-order valence-corrected chi connectivity index (χ1v) is 5.52. The minimum absolute atomic E-state index is 0.120. The predicted octanol–water partition coefficient (Wildman–Crippen LogP) is -1.04. The molecule has 0 saturated carbocycles. The van der Waals surface area contributed by atoms with E-state index in [-0.39, 0.29) is 18.1 Å². The van der Waals surface area contributed by atoms with Crippen LogP contribution in [0.3, 0.4) is 0 Å². The standard InChI is InChI=1S/C10H18N2O3/c13-9-1-3-12(6-9)10(14)5-8-7-15-4-2-11-8/h8-9,11,13H,1-7H2. The normalized spacial score (nSPS) is 31.9. The number of hydrogen-bond acceptors (Lipinski definition) is 4. The highest BCUT2D eigenvalue weighted by molar-refractivity contribution is 5.77. The summed E-state index contributed by atoms with van der Waals surface area (Å²) in [6, 6.07) is 0.143. The molecule has 2 aliphatic heterocycles. The molecule has 2 rings (SSSR count). The number of ether oxygens (including phenoxy) is 1. The molecule has 2 saturated heterocycles. The Morgan fingerprint density at radius 2 is 2.47 bits per heavy atom. The minimum atomic E-state index is -0.329. The van der Waals surface area contributed by atoms with Crippen LogP contribution in [0.2, 0.25) is 0 Å². The topological polar surface area (TPSA) is 61.8 Å². The lowest BCUT2D eigenvalue weighted by Gasteiger charge is -2.25. The Balaban J connectivity index is 1.76. The Morgan fingerprint density at radius 1 is 1.60 bits per heavy atom. The second kappa shape index (κ2) is 4.92. The van der Waals surface area contributed by atoms with Gasteiger partial charge in [0, 0.05) is 32.1 Å². The number of morpholine rings is 1. The van der Waals surface area contributed by atoms with Crippen LogP contribution in [0.4, 0.5) is 0 Å². The molecule has 0 aromatic carbocycles. The van der Waals surface area contributed by atoms with Crippen LogP contribution in [-0.4, -0.2) is 60.9 Å². The van der Waals surface area contributed by atoms with E-state index in [1.807, 2.05) is 0 Å². The van der Waals surface area contributed by atoms with Gasteiger partial charge in [-0.1, -0.05) is 0 Å². The highest BCUT2D eigenvalue weighted by Crippen LogP contribution is 2.11. The fourth-order valence-electron chi connectivity index (χ4n) is 2.06. The van der Waals surface area contributed by atoms with Crippen molar-refractivity contribution < 1.29 is 14.6 Å². The maximum absolute atomic E-state index is 11.8. The van der Waals surface area contributed by atoms with Crippen LogP contribution in [-0.2, 0) is 9.53 Å². The number of hydrogen-bond donors (Lipinski definition) is 2. The number of amides is 1. The van der Waals surface area contributed by atoms with E-state index in [4.69, 9.17) is 4.74 Å². The first-order valence-electron chi connectivity index (χ1n) is 5.52. The quantitative estimate of drug-likeness (QED) is 0.616. The van der Waals surface area contributed by atoms with E-state index < -0.39 is 0 Å². The third-order valence-corrected chi connectivity index (χ3v) is 2.94. The van der Waals surface area contributed by atoms with Crippen molar-refractivity contribution in [3.63, 3.8) is 0 Å². The van der Waals surface area contributed by atoms with Crippen molar-refractivity contribution in [3.8, 4) is 0 Å². The molecule has 86 valence electrons. The Morgan fingerprint density at radius 3 is 3.07 bits per heavy atom.